The van der Waals surface area contributed by atoms with E-state index in [0.717, 1.165) is 16.2 Å². The Morgan fingerprint density at radius 1 is 1.36 bits per heavy atom. The van der Waals surface area contributed by atoms with E-state index >= 15 is 0 Å². The van der Waals surface area contributed by atoms with Crippen LogP contribution in [0.2, 0.25) is 0 Å². The number of nitrogens with zero attached hydrogens (tertiary/aromatic N) is 1. The van der Waals surface area contributed by atoms with Crippen LogP contribution in [0.4, 0.5) is 0 Å². The molecule has 0 fully saturated rings. The molecule has 6 nitrogen and oxygen atoms in total. The van der Waals surface area contributed by atoms with Gasteiger partial charge in [-0.1, -0.05) is 15.9 Å². The molecular formula is C14H11BrN2O4S. The lowest BCUT2D eigenvalue weighted by atomic mass is 10.2. The summed E-state index contributed by atoms with van der Waals surface area (Å²) in [4.78, 5) is 38.0. The van der Waals surface area contributed by atoms with E-state index in [0.29, 0.717) is 16.2 Å². The third-order valence-electron chi connectivity index (χ3n) is 2.42. The number of hydrogen-bond donors (Lipinski definition) is 1. The first kappa shape index (κ1) is 16.4. The van der Waals surface area contributed by atoms with Gasteiger partial charge in [0.25, 0.3) is 5.91 Å². The summed E-state index contributed by atoms with van der Waals surface area (Å²) < 4.78 is 5.88. The lowest BCUT2D eigenvalue weighted by molar-refractivity contribution is -0.132. The van der Waals surface area contributed by atoms with Gasteiger partial charge in [-0.05, 0) is 36.0 Å². The molecule has 2 rings (SSSR count). The summed E-state index contributed by atoms with van der Waals surface area (Å²) in [5.41, 5.74) is 0.555. The summed E-state index contributed by atoms with van der Waals surface area (Å²) in [6.45, 7) is 2.63. The summed E-state index contributed by atoms with van der Waals surface area (Å²) in [6, 6.07) is 5.07. The number of amidine groups is 1. The Morgan fingerprint density at radius 3 is 2.73 bits per heavy atom. The van der Waals surface area contributed by atoms with Gasteiger partial charge >= 0.3 is 5.97 Å². The standard InChI is InChI=1S/C14H11BrN2O4S/c1-7(18)16-14-17-13(20)12(22-14)6-9-5-10(15)3-4-11(9)21-8(2)19/h3-6H,1-2H3,(H,16,17,18,20)/b12-6-. The second-order valence-corrected chi connectivity index (χ2v) is 6.24. The summed E-state index contributed by atoms with van der Waals surface area (Å²) >= 11 is 4.37. The molecule has 1 heterocycles. The second-order valence-electron chi connectivity index (χ2n) is 4.29. The van der Waals surface area contributed by atoms with Gasteiger partial charge in [0.15, 0.2) is 5.17 Å². The molecule has 0 bridgehead atoms. The number of hydrogen-bond acceptors (Lipinski definition) is 5. The molecule has 1 aliphatic rings. The highest BCUT2D eigenvalue weighted by Gasteiger charge is 2.23. The highest BCUT2D eigenvalue weighted by Crippen LogP contribution is 2.31. The molecule has 1 aromatic rings. The number of halogens is 1. The van der Waals surface area contributed by atoms with Gasteiger partial charge in [0.05, 0.1) is 4.91 Å². The van der Waals surface area contributed by atoms with Crippen molar-refractivity contribution in [2.75, 3.05) is 0 Å². The molecule has 1 N–H and O–H groups in total. The first-order valence-corrected chi connectivity index (χ1v) is 7.74. The van der Waals surface area contributed by atoms with Crippen molar-refractivity contribution in [3.05, 3.63) is 33.1 Å². The summed E-state index contributed by atoms with van der Waals surface area (Å²) in [5.74, 6) is -0.877. The number of carbonyl (C=O) groups excluding carboxylic acids is 3. The molecule has 0 aliphatic carbocycles. The van der Waals surface area contributed by atoms with Crippen molar-refractivity contribution in [2.45, 2.75) is 13.8 Å². The van der Waals surface area contributed by atoms with Crippen LogP contribution < -0.4 is 10.1 Å². The van der Waals surface area contributed by atoms with Gasteiger partial charge in [-0.2, -0.15) is 4.99 Å². The van der Waals surface area contributed by atoms with E-state index < -0.39 is 11.9 Å². The fraction of sp³-hybridized carbons (Fsp3) is 0.143. The minimum absolute atomic E-state index is 0.229. The van der Waals surface area contributed by atoms with Crippen LogP contribution in [0.25, 0.3) is 6.08 Å². The van der Waals surface area contributed by atoms with Crippen LogP contribution in [-0.2, 0) is 14.4 Å². The molecule has 1 aromatic carbocycles. The van der Waals surface area contributed by atoms with Crippen LogP contribution in [0.15, 0.2) is 32.6 Å². The quantitative estimate of drug-likeness (QED) is 0.482. The van der Waals surface area contributed by atoms with Crippen LogP contribution in [0.3, 0.4) is 0 Å². The van der Waals surface area contributed by atoms with Crippen LogP contribution in [0, 0.1) is 0 Å². The second kappa shape index (κ2) is 6.89. The van der Waals surface area contributed by atoms with Crippen LogP contribution in [-0.4, -0.2) is 23.0 Å². The number of rotatable bonds is 2. The van der Waals surface area contributed by atoms with Gasteiger partial charge < -0.3 is 10.1 Å². The van der Waals surface area contributed by atoms with Crippen molar-refractivity contribution in [1.29, 1.82) is 0 Å². The van der Waals surface area contributed by atoms with Crippen LogP contribution in [0.5, 0.6) is 5.75 Å². The number of aliphatic imine (C=N–C) groups is 1. The molecule has 8 heteroatoms. The van der Waals surface area contributed by atoms with Gasteiger partial charge in [-0.15, -0.1) is 0 Å². The van der Waals surface area contributed by atoms with E-state index in [1.54, 1.807) is 24.3 Å². The maximum atomic E-state index is 11.8. The maximum Gasteiger partial charge on any atom is 0.308 e. The Labute approximate surface area is 139 Å². The summed E-state index contributed by atoms with van der Waals surface area (Å²) in [6.07, 6.45) is 1.56. The van der Waals surface area contributed by atoms with E-state index in [4.69, 9.17) is 4.74 Å². The number of esters is 1. The third kappa shape index (κ3) is 4.28. The average Bonchev–Trinajstić information content (AvgIpc) is 2.71. The molecule has 0 saturated carbocycles. The number of benzene rings is 1. The Balaban J connectivity index is 2.30. The number of nitrogens with one attached hydrogen (secondary N) is 1. The molecule has 1 aliphatic heterocycles. The van der Waals surface area contributed by atoms with Crippen LogP contribution in [0.1, 0.15) is 19.4 Å². The maximum absolute atomic E-state index is 11.8. The minimum Gasteiger partial charge on any atom is -0.426 e. The largest absolute Gasteiger partial charge is 0.426 e. The number of carbonyl (C=O) groups is 3. The van der Waals surface area contributed by atoms with Crippen molar-refractivity contribution in [3.8, 4) is 5.75 Å². The lowest BCUT2D eigenvalue weighted by Gasteiger charge is -2.06. The molecule has 0 aromatic heterocycles. The first-order valence-electron chi connectivity index (χ1n) is 6.13. The van der Waals surface area contributed by atoms with Gasteiger partial charge in [-0.25, -0.2) is 0 Å². The zero-order valence-electron chi connectivity index (χ0n) is 11.7. The SMILES string of the molecule is CC(=O)NC1=NC(=O)/C(=C/c2cc(Br)ccc2OC(C)=O)S1. The van der Waals surface area contributed by atoms with E-state index in [1.165, 1.54) is 13.8 Å². The molecule has 0 unspecified atom stereocenters. The zero-order valence-corrected chi connectivity index (χ0v) is 14.1. The molecule has 114 valence electrons. The van der Waals surface area contributed by atoms with E-state index in [1.807, 2.05) is 0 Å². The Hall–Kier alpha value is -1.93. The Morgan fingerprint density at radius 2 is 2.09 bits per heavy atom. The van der Waals surface area contributed by atoms with Crippen molar-refractivity contribution < 1.29 is 19.1 Å². The van der Waals surface area contributed by atoms with Crippen molar-refractivity contribution in [3.63, 3.8) is 0 Å². The predicted octanol–water partition coefficient (Wildman–Crippen LogP) is 2.48. The zero-order chi connectivity index (χ0) is 16.3. The topological polar surface area (TPSA) is 84.8 Å². The molecular weight excluding hydrogens is 372 g/mol. The van der Waals surface area contributed by atoms with Gasteiger partial charge in [0.2, 0.25) is 5.91 Å². The average molecular weight is 383 g/mol. The highest BCUT2D eigenvalue weighted by molar-refractivity contribution is 9.10. The third-order valence-corrected chi connectivity index (χ3v) is 3.81. The summed E-state index contributed by atoms with van der Waals surface area (Å²) in [7, 11) is 0. The lowest BCUT2D eigenvalue weighted by Crippen LogP contribution is -2.23. The van der Waals surface area contributed by atoms with E-state index in [2.05, 4.69) is 26.2 Å². The Kier molecular flexibility index (Phi) is 5.15. The molecule has 0 spiro atoms. The smallest absolute Gasteiger partial charge is 0.308 e. The summed E-state index contributed by atoms with van der Waals surface area (Å²) in [5, 5.41) is 2.69. The molecule has 22 heavy (non-hydrogen) atoms. The minimum atomic E-state index is -0.456. The first-order chi connectivity index (χ1) is 10.3. The molecule has 0 atom stereocenters. The van der Waals surface area contributed by atoms with E-state index in [9.17, 15) is 14.4 Å². The molecule has 0 radical (unpaired) electrons. The van der Waals surface area contributed by atoms with Crippen molar-refractivity contribution >= 4 is 56.7 Å². The number of amides is 2. The number of thioether (sulfide) groups is 1. The monoisotopic (exact) mass is 382 g/mol. The van der Waals surface area contributed by atoms with Gasteiger partial charge in [0.1, 0.15) is 5.75 Å². The fourth-order valence-corrected chi connectivity index (χ4v) is 2.86. The fourth-order valence-electron chi connectivity index (χ4n) is 1.63. The van der Waals surface area contributed by atoms with Crippen LogP contribution >= 0.6 is 27.7 Å². The predicted molar refractivity (Wildman–Crippen MR) is 87.3 cm³/mol. The van der Waals surface area contributed by atoms with E-state index in [-0.39, 0.29) is 11.1 Å². The number of ether oxygens (including phenoxy) is 1. The van der Waals surface area contributed by atoms with Gasteiger partial charge in [0, 0.05) is 23.9 Å². The van der Waals surface area contributed by atoms with Gasteiger partial charge in [-0.3, -0.25) is 14.4 Å². The highest BCUT2D eigenvalue weighted by atomic mass is 79.9. The molecule has 0 saturated heterocycles. The Bertz CT molecular complexity index is 728. The normalized spacial score (nSPS) is 15.7. The van der Waals surface area contributed by atoms with Crippen molar-refractivity contribution in [2.24, 2.45) is 4.99 Å². The molecule has 2 amide bonds. The van der Waals surface area contributed by atoms with Crippen molar-refractivity contribution in [1.82, 2.24) is 5.32 Å².